The number of hydrogen-bond acceptors (Lipinski definition) is 4. The molecule has 6 aromatic carbocycles. The zero-order valence-electron chi connectivity index (χ0n) is 29.7. The number of fused-ring (bicyclic) bond motifs is 11. The summed E-state index contributed by atoms with van der Waals surface area (Å²) < 4.78 is 13.4. The Bertz CT molecular complexity index is 2610. The van der Waals surface area contributed by atoms with Crippen LogP contribution in [0.4, 0.5) is 28.4 Å². The van der Waals surface area contributed by atoms with Crippen molar-refractivity contribution >= 4 is 50.4 Å². The van der Waals surface area contributed by atoms with Crippen molar-refractivity contribution in [3.63, 3.8) is 0 Å². The second-order valence-corrected chi connectivity index (χ2v) is 15.7. The highest BCUT2D eigenvalue weighted by molar-refractivity contribution is 6.09. The van der Waals surface area contributed by atoms with E-state index in [1.165, 1.54) is 50.6 Å². The molecule has 0 bridgehead atoms. The molecule has 0 saturated heterocycles. The summed E-state index contributed by atoms with van der Waals surface area (Å²) in [6.45, 7) is 9.31. The minimum absolute atomic E-state index is 0.0714. The molecule has 3 aliphatic heterocycles. The van der Waals surface area contributed by atoms with Crippen molar-refractivity contribution in [3.05, 3.63) is 179 Å². The van der Waals surface area contributed by atoms with E-state index in [2.05, 4.69) is 183 Å². The van der Waals surface area contributed by atoms with E-state index in [1.54, 1.807) is 0 Å². The molecule has 0 saturated carbocycles. The zero-order valence-corrected chi connectivity index (χ0v) is 29.7. The molecule has 1 aliphatic carbocycles. The maximum absolute atomic E-state index is 6.77. The maximum atomic E-state index is 6.77. The zero-order chi connectivity index (χ0) is 34.9. The maximum Gasteiger partial charge on any atom is 0.177 e. The van der Waals surface area contributed by atoms with E-state index in [1.807, 2.05) is 0 Å². The second-order valence-electron chi connectivity index (χ2n) is 15.7. The number of hydrogen-bond donors (Lipinski definition) is 0. The summed E-state index contributed by atoms with van der Waals surface area (Å²) in [5.74, 6) is 0.922. The van der Waals surface area contributed by atoms with Gasteiger partial charge in [-0.15, -0.1) is 0 Å². The van der Waals surface area contributed by atoms with Gasteiger partial charge in [0, 0.05) is 44.5 Å². The van der Waals surface area contributed by atoms with E-state index in [0.29, 0.717) is 0 Å². The number of furan rings is 1. The van der Waals surface area contributed by atoms with E-state index < -0.39 is 0 Å². The highest BCUT2D eigenvalue weighted by atomic mass is 16.5. The van der Waals surface area contributed by atoms with Crippen LogP contribution < -0.4 is 14.5 Å². The van der Waals surface area contributed by atoms with Crippen LogP contribution in [0.5, 0.6) is 5.75 Å². The molecule has 4 nitrogen and oxygen atoms in total. The molecule has 4 heterocycles. The first kappa shape index (κ1) is 29.7. The van der Waals surface area contributed by atoms with E-state index >= 15 is 0 Å². The van der Waals surface area contributed by atoms with Crippen molar-refractivity contribution in [2.45, 2.75) is 50.5 Å². The summed E-state index contributed by atoms with van der Waals surface area (Å²) in [6, 6.07) is 46.3. The summed E-state index contributed by atoms with van der Waals surface area (Å²) in [5.41, 5.74) is 15.1. The molecule has 11 rings (SSSR count). The van der Waals surface area contributed by atoms with Crippen LogP contribution in [-0.2, 0) is 10.8 Å². The van der Waals surface area contributed by atoms with Gasteiger partial charge in [0.05, 0.1) is 22.7 Å². The van der Waals surface area contributed by atoms with Gasteiger partial charge in [-0.1, -0.05) is 107 Å². The van der Waals surface area contributed by atoms with Crippen LogP contribution in [-0.4, -0.2) is 6.10 Å². The van der Waals surface area contributed by atoms with Crippen LogP contribution in [0.1, 0.15) is 61.4 Å². The fraction of sp³-hybridized carbons (Fsp3) is 0.167. The molecule has 7 aromatic rings. The Hall–Kier alpha value is -6.00. The number of para-hydroxylation sites is 4. The van der Waals surface area contributed by atoms with Crippen LogP contribution in [0.2, 0.25) is 0 Å². The van der Waals surface area contributed by atoms with E-state index in [9.17, 15) is 0 Å². The van der Waals surface area contributed by atoms with Gasteiger partial charge in [0.15, 0.2) is 11.3 Å². The number of anilines is 5. The second kappa shape index (κ2) is 10.3. The topological polar surface area (TPSA) is 28.9 Å². The molecule has 0 radical (unpaired) electrons. The fourth-order valence-corrected chi connectivity index (χ4v) is 9.55. The Morgan fingerprint density at radius 1 is 0.558 bits per heavy atom. The average molecular weight is 675 g/mol. The summed E-state index contributed by atoms with van der Waals surface area (Å²) in [6.07, 6.45) is 6.76. The van der Waals surface area contributed by atoms with Crippen molar-refractivity contribution in [2.75, 3.05) is 9.80 Å². The van der Waals surface area contributed by atoms with Gasteiger partial charge >= 0.3 is 0 Å². The SMILES string of the molecule is CC1(C)c2ccccc2N(C2=CC3c4ccc5c(oc6ccc(N7c8ccccc8C(C)(C)c8ccccc87)cc65)c4OC3C=C2)c2ccccc21. The van der Waals surface area contributed by atoms with Crippen LogP contribution in [0, 0.1) is 0 Å². The van der Waals surface area contributed by atoms with E-state index in [0.717, 1.165) is 39.1 Å². The number of allylic oxidation sites excluding steroid dienone is 1. The molecule has 4 aliphatic rings. The lowest BCUT2D eigenvalue weighted by Crippen LogP contribution is -2.33. The first-order valence-electron chi connectivity index (χ1n) is 18.3. The minimum atomic E-state index is -0.106. The van der Waals surface area contributed by atoms with Crippen molar-refractivity contribution < 1.29 is 9.15 Å². The molecular formula is C48H38N2O2. The van der Waals surface area contributed by atoms with Crippen LogP contribution >= 0.6 is 0 Å². The molecule has 2 atom stereocenters. The Morgan fingerprint density at radius 2 is 1.10 bits per heavy atom. The molecule has 0 N–H and O–H groups in total. The first-order valence-corrected chi connectivity index (χ1v) is 18.3. The number of benzene rings is 6. The lowest BCUT2D eigenvalue weighted by atomic mass is 9.73. The monoisotopic (exact) mass is 674 g/mol. The number of nitrogens with zero attached hydrogens (tertiary/aromatic N) is 2. The number of ether oxygens (including phenoxy) is 1. The predicted molar refractivity (Wildman–Crippen MR) is 212 cm³/mol. The Kier molecular flexibility index (Phi) is 5.88. The van der Waals surface area contributed by atoms with Crippen LogP contribution in [0.3, 0.4) is 0 Å². The smallest absolute Gasteiger partial charge is 0.177 e. The third-order valence-corrected chi connectivity index (χ3v) is 12.2. The third-order valence-electron chi connectivity index (χ3n) is 12.2. The molecule has 2 unspecified atom stereocenters. The highest BCUT2D eigenvalue weighted by Gasteiger charge is 2.41. The summed E-state index contributed by atoms with van der Waals surface area (Å²) >= 11 is 0. The standard InChI is InChI=1S/C48H38N2O2/c1-47(2)35-13-5-9-17-39(35)49(40-18-10-6-14-36(40)47)29-21-25-43-33(27-29)31-23-24-32-34-28-30(22-26-44(34)52-46(32)45(31)51-43)50-41-19-11-7-15-37(41)48(3,4)38-16-8-12-20-42(38)50/h5-28,33,43H,1-4H3. The van der Waals surface area contributed by atoms with Gasteiger partial charge in [0.25, 0.3) is 0 Å². The Morgan fingerprint density at radius 3 is 1.67 bits per heavy atom. The summed E-state index contributed by atoms with van der Waals surface area (Å²) in [7, 11) is 0. The average Bonchev–Trinajstić information content (AvgIpc) is 3.73. The summed E-state index contributed by atoms with van der Waals surface area (Å²) in [5, 5.41) is 2.16. The van der Waals surface area contributed by atoms with Gasteiger partial charge in [0.1, 0.15) is 11.7 Å². The minimum Gasteiger partial charge on any atom is -0.481 e. The van der Waals surface area contributed by atoms with Crippen molar-refractivity contribution in [1.29, 1.82) is 0 Å². The Balaban J connectivity index is 1.02. The summed E-state index contributed by atoms with van der Waals surface area (Å²) in [4.78, 5) is 4.83. The van der Waals surface area contributed by atoms with Crippen molar-refractivity contribution in [1.82, 2.24) is 0 Å². The molecule has 52 heavy (non-hydrogen) atoms. The van der Waals surface area contributed by atoms with Crippen LogP contribution in [0.15, 0.2) is 156 Å². The molecule has 0 fully saturated rings. The molecule has 4 heteroatoms. The molecule has 1 aromatic heterocycles. The van der Waals surface area contributed by atoms with E-state index in [4.69, 9.17) is 9.15 Å². The highest BCUT2D eigenvalue weighted by Crippen LogP contribution is 2.55. The first-order chi connectivity index (χ1) is 25.3. The van der Waals surface area contributed by atoms with Gasteiger partial charge in [-0.2, -0.15) is 0 Å². The fourth-order valence-electron chi connectivity index (χ4n) is 9.55. The van der Waals surface area contributed by atoms with Crippen molar-refractivity contribution in [3.8, 4) is 5.75 Å². The van der Waals surface area contributed by atoms with E-state index in [-0.39, 0.29) is 22.9 Å². The number of rotatable bonds is 2. The van der Waals surface area contributed by atoms with Gasteiger partial charge in [-0.25, -0.2) is 0 Å². The van der Waals surface area contributed by atoms with Gasteiger partial charge < -0.3 is 19.0 Å². The quantitative estimate of drug-likeness (QED) is 0.182. The molecule has 0 spiro atoms. The van der Waals surface area contributed by atoms with Gasteiger partial charge in [0.2, 0.25) is 0 Å². The van der Waals surface area contributed by atoms with Crippen LogP contribution in [0.25, 0.3) is 21.9 Å². The Labute approximate surface area is 303 Å². The molecule has 252 valence electrons. The lowest BCUT2D eigenvalue weighted by Gasteiger charge is -2.43. The van der Waals surface area contributed by atoms with Gasteiger partial charge in [-0.3, -0.25) is 0 Å². The largest absolute Gasteiger partial charge is 0.481 e. The molecular weight excluding hydrogens is 637 g/mol. The lowest BCUT2D eigenvalue weighted by molar-refractivity contribution is 0.268. The molecule has 0 amide bonds. The predicted octanol–water partition coefficient (Wildman–Crippen LogP) is 12.5. The third kappa shape index (κ3) is 3.87. The van der Waals surface area contributed by atoms with Gasteiger partial charge in [-0.05, 0) is 89.0 Å². The van der Waals surface area contributed by atoms with Crippen molar-refractivity contribution in [2.24, 2.45) is 0 Å². The normalized spacial score (nSPS) is 20.0.